The summed E-state index contributed by atoms with van der Waals surface area (Å²) in [7, 11) is 0. The highest BCUT2D eigenvalue weighted by Crippen LogP contribution is 2.21. The van der Waals surface area contributed by atoms with Crippen molar-refractivity contribution in [1.29, 1.82) is 0 Å². The zero-order valence-electron chi connectivity index (χ0n) is 4.11. The van der Waals surface area contributed by atoms with Gasteiger partial charge in [-0.1, -0.05) is 6.92 Å². The van der Waals surface area contributed by atoms with E-state index in [4.69, 9.17) is 0 Å². The van der Waals surface area contributed by atoms with Crippen LogP contribution in [0.15, 0.2) is 0 Å². The molecule has 0 bridgehead atoms. The second-order valence-corrected chi connectivity index (χ2v) is 3.12. The Morgan fingerprint density at radius 3 is 2.67 bits per heavy atom. The molecule has 1 fully saturated rings. The minimum Gasteiger partial charge on any atom is -0.162 e. The zero-order chi connectivity index (χ0) is 4.41. The number of thioether (sulfide) groups is 1. The topological polar surface area (TPSA) is 0 Å². The molecule has 1 heterocycles. The molecule has 0 aromatic rings. The minimum absolute atomic E-state index is 1.01. The molecule has 1 rings (SSSR count). The number of rotatable bonds is 0. The van der Waals surface area contributed by atoms with Crippen LogP contribution in [0.5, 0.6) is 0 Å². The average molecular weight is 102 g/mol. The maximum atomic E-state index is 2.32. The molecule has 0 amide bonds. The summed E-state index contributed by atoms with van der Waals surface area (Å²) in [5, 5.41) is 0. The van der Waals surface area contributed by atoms with E-state index < -0.39 is 0 Å². The van der Waals surface area contributed by atoms with Crippen molar-refractivity contribution in [3.05, 3.63) is 0 Å². The van der Waals surface area contributed by atoms with Gasteiger partial charge in [-0.05, 0) is 23.8 Å². The van der Waals surface area contributed by atoms with Gasteiger partial charge in [-0.15, -0.1) is 0 Å². The third-order valence-corrected chi connectivity index (χ3v) is 2.49. The van der Waals surface area contributed by atoms with Gasteiger partial charge in [0.2, 0.25) is 0 Å². The first-order valence-electron chi connectivity index (χ1n) is 2.47. The van der Waals surface area contributed by atoms with E-state index in [1.165, 1.54) is 17.9 Å². The molecule has 0 aromatic heterocycles. The van der Waals surface area contributed by atoms with Gasteiger partial charge in [-0.3, -0.25) is 0 Å². The third-order valence-electron chi connectivity index (χ3n) is 1.16. The predicted octanol–water partition coefficient (Wildman–Crippen LogP) is 1.76. The van der Waals surface area contributed by atoms with Crippen LogP contribution in [-0.4, -0.2) is 11.5 Å². The Labute approximate surface area is 43.3 Å². The molecule has 1 aliphatic rings. The normalized spacial score (nSPS) is 34.5. The SMILES string of the molecule is C[C@@H]1CCSC1. The molecular weight excluding hydrogens is 92.1 g/mol. The standard InChI is InChI=1S/C5H10S/c1-5-2-3-6-4-5/h5H,2-4H2,1H3/t5-/m1/s1. The van der Waals surface area contributed by atoms with Gasteiger partial charge in [-0.25, -0.2) is 0 Å². The molecule has 1 aliphatic heterocycles. The van der Waals surface area contributed by atoms with Crippen molar-refractivity contribution < 1.29 is 0 Å². The van der Waals surface area contributed by atoms with E-state index in [9.17, 15) is 0 Å². The Hall–Kier alpha value is 0.350. The Balaban J connectivity index is 2.18. The van der Waals surface area contributed by atoms with Gasteiger partial charge in [0.25, 0.3) is 0 Å². The monoisotopic (exact) mass is 102 g/mol. The number of hydrogen-bond donors (Lipinski definition) is 0. The summed E-state index contributed by atoms with van der Waals surface area (Å²) < 4.78 is 0. The van der Waals surface area contributed by atoms with Crippen LogP contribution in [0.1, 0.15) is 13.3 Å². The first-order chi connectivity index (χ1) is 2.89. The lowest BCUT2D eigenvalue weighted by atomic mass is 10.2. The summed E-state index contributed by atoms with van der Waals surface area (Å²) in [6.45, 7) is 2.32. The molecule has 1 saturated heterocycles. The smallest absolute Gasteiger partial charge is 0.00415 e. The van der Waals surface area contributed by atoms with Crippen LogP contribution >= 0.6 is 11.8 Å². The molecule has 0 nitrogen and oxygen atoms in total. The van der Waals surface area contributed by atoms with Gasteiger partial charge in [0.1, 0.15) is 0 Å². The van der Waals surface area contributed by atoms with Gasteiger partial charge in [-0.2, -0.15) is 11.8 Å². The van der Waals surface area contributed by atoms with Crippen LogP contribution in [0.2, 0.25) is 0 Å². The highest BCUT2D eigenvalue weighted by Gasteiger charge is 2.07. The lowest BCUT2D eigenvalue weighted by Crippen LogP contribution is -1.85. The quantitative estimate of drug-likeness (QED) is 0.449. The highest BCUT2D eigenvalue weighted by molar-refractivity contribution is 7.99. The molecule has 0 aromatic carbocycles. The molecule has 0 N–H and O–H groups in total. The van der Waals surface area contributed by atoms with E-state index in [-0.39, 0.29) is 0 Å². The van der Waals surface area contributed by atoms with E-state index in [1.807, 2.05) is 0 Å². The maximum absolute atomic E-state index is 2.32. The third kappa shape index (κ3) is 0.904. The van der Waals surface area contributed by atoms with E-state index in [0.29, 0.717) is 0 Å². The summed E-state index contributed by atoms with van der Waals surface area (Å²) in [5.74, 6) is 3.82. The van der Waals surface area contributed by atoms with Gasteiger partial charge in [0.05, 0.1) is 0 Å². The molecule has 1 atom stereocenters. The summed E-state index contributed by atoms with van der Waals surface area (Å²) in [5.41, 5.74) is 0. The summed E-state index contributed by atoms with van der Waals surface area (Å²) in [6, 6.07) is 0. The van der Waals surface area contributed by atoms with Crippen molar-refractivity contribution in [1.82, 2.24) is 0 Å². The lowest BCUT2D eigenvalue weighted by molar-refractivity contribution is 0.669. The molecular formula is C5H10S. The largest absolute Gasteiger partial charge is 0.162 e. The molecule has 0 spiro atoms. The average Bonchev–Trinajstić information content (AvgIpc) is 1.86. The Kier molecular flexibility index (Phi) is 1.41. The van der Waals surface area contributed by atoms with Crippen LogP contribution in [0.4, 0.5) is 0 Å². The van der Waals surface area contributed by atoms with Gasteiger partial charge in [0, 0.05) is 0 Å². The minimum atomic E-state index is 1.01. The molecule has 0 saturated carbocycles. The number of hydrogen-bond acceptors (Lipinski definition) is 1. The molecule has 1 heteroatoms. The van der Waals surface area contributed by atoms with E-state index in [1.54, 1.807) is 0 Å². The van der Waals surface area contributed by atoms with Crippen molar-refractivity contribution in [3.8, 4) is 0 Å². The van der Waals surface area contributed by atoms with Crippen LogP contribution < -0.4 is 0 Å². The zero-order valence-corrected chi connectivity index (χ0v) is 4.92. The summed E-state index contributed by atoms with van der Waals surface area (Å²) in [4.78, 5) is 0. The van der Waals surface area contributed by atoms with Gasteiger partial charge < -0.3 is 0 Å². The van der Waals surface area contributed by atoms with Crippen molar-refractivity contribution in [2.24, 2.45) is 5.92 Å². The van der Waals surface area contributed by atoms with E-state index in [2.05, 4.69) is 18.7 Å². The van der Waals surface area contributed by atoms with Crippen LogP contribution in [-0.2, 0) is 0 Å². The van der Waals surface area contributed by atoms with Gasteiger partial charge in [0.15, 0.2) is 0 Å². The fourth-order valence-electron chi connectivity index (χ4n) is 0.652. The first-order valence-corrected chi connectivity index (χ1v) is 3.63. The second-order valence-electron chi connectivity index (χ2n) is 1.97. The second kappa shape index (κ2) is 1.87. The van der Waals surface area contributed by atoms with E-state index in [0.717, 1.165) is 5.92 Å². The lowest BCUT2D eigenvalue weighted by Gasteiger charge is -1.90. The van der Waals surface area contributed by atoms with Gasteiger partial charge >= 0.3 is 0 Å². The molecule has 36 valence electrons. The molecule has 0 radical (unpaired) electrons. The molecule has 0 unspecified atom stereocenters. The predicted molar refractivity (Wildman–Crippen MR) is 31.1 cm³/mol. The highest BCUT2D eigenvalue weighted by atomic mass is 32.2. The fourth-order valence-corrected chi connectivity index (χ4v) is 1.96. The van der Waals surface area contributed by atoms with Crippen LogP contribution in [0, 0.1) is 5.92 Å². The fraction of sp³-hybridized carbons (Fsp3) is 1.00. The summed E-state index contributed by atoms with van der Waals surface area (Å²) in [6.07, 6.45) is 1.45. The molecule has 0 aliphatic carbocycles. The maximum Gasteiger partial charge on any atom is -0.00415 e. The van der Waals surface area contributed by atoms with Crippen LogP contribution in [0.25, 0.3) is 0 Å². The Morgan fingerprint density at radius 2 is 2.50 bits per heavy atom. The van der Waals surface area contributed by atoms with Crippen molar-refractivity contribution in [2.45, 2.75) is 13.3 Å². The van der Waals surface area contributed by atoms with Crippen molar-refractivity contribution in [2.75, 3.05) is 11.5 Å². The van der Waals surface area contributed by atoms with Crippen LogP contribution in [0.3, 0.4) is 0 Å². The first kappa shape index (κ1) is 4.51. The Bertz CT molecular complexity index is 37.2. The summed E-state index contributed by atoms with van der Waals surface area (Å²) >= 11 is 2.08. The van der Waals surface area contributed by atoms with E-state index >= 15 is 0 Å². The Morgan fingerprint density at radius 1 is 1.67 bits per heavy atom. The van der Waals surface area contributed by atoms with Crippen molar-refractivity contribution >= 4 is 11.8 Å². The van der Waals surface area contributed by atoms with Crippen molar-refractivity contribution in [3.63, 3.8) is 0 Å². The molecule has 6 heavy (non-hydrogen) atoms.